The van der Waals surface area contributed by atoms with Gasteiger partial charge in [-0.1, -0.05) is 12.1 Å². The predicted octanol–water partition coefficient (Wildman–Crippen LogP) is 1.26. The lowest BCUT2D eigenvalue weighted by Gasteiger charge is -2.10. The summed E-state index contributed by atoms with van der Waals surface area (Å²) in [6, 6.07) is 7.27. The second kappa shape index (κ2) is 5.44. The number of ether oxygens (including phenoxy) is 1. The highest BCUT2D eigenvalue weighted by molar-refractivity contribution is 7.80. The Morgan fingerprint density at radius 3 is 2.58 bits per heavy atom. The molecule has 0 spiro atoms. The van der Waals surface area contributed by atoms with E-state index >= 15 is 0 Å². The lowest BCUT2D eigenvalue weighted by atomic mass is 10.3. The number of anilines is 2. The largest absolute Gasteiger partial charge is 0.453 e. The van der Waals surface area contributed by atoms with E-state index in [1.807, 2.05) is 12.1 Å². The van der Waals surface area contributed by atoms with Gasteiger partial charge in [0.15, 0.2) is 16.7 Å². The Morgan fingerprint density at radius 1 is 1.32 bits per heavy atom. The van der Waals surface area contributed by atoms with Gasteiger partial charge < -0.3 is 15.8 Å². The van der Waals surface area contributed by atoms with E-state index in [0.29, 0.717) is 11.0 Å². The summed E-state index contributed by atoms with van der Waals surface area (Å²) in [6.07, 6.45) is -0.676. The molecule has 1 amide bonds. The molecule has 2 rings (SSSR count). The number of alkyl carbamates (subject to hydrolysis) is 1. The fourth-order valence-electron chi connectivity index (χ4n) is 1.39. The summed E-state index contributed by atoms with van der Waals surface area (Å²) in [5.41, 5.74) is 7.10. The molecule has 1 aromatic heterocycles. The van der Waals surface area contributed by atoms with Gasteiger partial charge in [0.1, 0.15) is 0 Å². The summed E-state index contributed by atoms with van der Waals surface area (Å²) in [4.78, 5) is 19.4. The number of amides is 1. The number of thiocarbonyl (C=S) groups is 1. The zero-order valence-electron chi connectivity index (χ0n) is 10.0. The third-order valence-corrected chi connectivity index (χ3v) is 2.43. The second-order valence-corrected chi connectivity index (χ2v) is 3.93. The van der Waals surface area contributed by atoms with Gasteiger partial charge in [-0.3, -0.25) is 5.32 Å². The molecule has 98 valence electrons. The van der Waals surface area contributed by atoms with Crippen molar-refractivity contribution in [2.45, 2.75) is 0 Å². The van der Waals surface area contributed by atoms with Crippen LogP contribution in [0, 0.1) is 0 Å². The number of methoxy groups -OCH3 is 1. The SMILES string of the molecule is COC(=O)NC(=S)Nc1nc2ccccc2nc1N. The quantitative estimate of drug-likeness (QED) is 0.674. The van der Waals surface area contributed by atoms with E-state index in [0.717, 1.165) is 0 Å². The number of hydrogen-bond donors (Lipinski definition) is 3. The molecule has 2 aromatic rings. The van der Waals surface area contributed by atoms with Crippen molar-refractivity contribution in [3.8, 4) is 0 Å². The number of nitrogens with zero attached hydrogens (tertiary/aromatic N) is 2. The van der Waals surface area contributed by atoms with E-state index in [4.69, 9.17) is 18.0 Å². The summed E-state index contributed by atoms with van der Waals surface area (Å²) in [7, 11) is 1.24. The molecule has 0 atom stereocenters. The summed E-state index contributed by atoms with van der Waals surface area (Å²) in [5.74, 6) is 0.466. The number of aromatic nitrogens is 2. The summed E-state index contributed by atoms with van der Waals surface area (Å²) in [5, 5.41) is 5.01. The van der Waals surface area contributed by atoms with Crippen molar-refractivity contribution in [1.29, 1.82) is 0 Å². The normalized spacial score (nSPS) is 9.95. The van der Waals surface area contributed by atoms with Crippen LogP contribution in [0.15, 0.2) is 24.3 Å². The number of carbonyl (C=O) groups is 1. The van der Waals surface area contributed by atoms with E-state index in [2.05, 4.69) is 25.3 Å². The zero-order chi connectivity index (χ0) is 13.8. The minimum atomic E-state index is -0.676. The Bertz CT molecular complexity index is 646. The van der Waals surface area contributed by atoms with Gasteiger partial charge >= 0.3 is 6.09 Å². The van der Waals surface area contributed by atoms with E-state index in [1.165, 1.54) is 7.11 Å². The van der Waals surface area contributed by atoms with Crippen molar-refractivity contribution in [3.63, 3.8) is 0 Å². The van der Waals surface area contributed by atoms with Crippen LogP contribution in [-0.2, 0) is 4.74 Å². The lowest BCUT2D eigenvalue weighted by molar-refractivity contribution is 0.177. The van der Waals surface area contributed by atoms with Crippen LogP contribution >= 0.6 is 12.2 Å². The molecule has 0 radical (unpaired) electrons. The molecule has 8 heteroatoms. The number of hydrogen-bond acceptors (Lipinski definition) is 6. The number of nitrogens with one attached hydrogen (secondary N) is 2. The molecule has 19 heavy (non-hydrogen) atoms. The number of nitrogens with two attached hydrogens (primary N) is 1. The van der Waals surface area contributed by atoms with Crippen LogP contribution in [0.4, 0.5) is 16.4 Å². The van der Waals surface area contributed by atoms with Crippen molar-refractivity contribution in [2.75, 3.05) is 18.2 Å². The van der Waals surface area contributed by atoms with Gasteiger partial charge in [-0.05, 0) is 24.4 Å². The van der Waals surface area contributed by atoms with Crippen molar-refractivity contribution in [2.24, 2.45) is 0 Å². The predicted molar refractivity (Wildman–Crippen MR) is 75.7 cm³/mol. The minimum absolute atomic E-state index is 0.0307. The molecule has 0 bridgehead atoms. The third kappa shape index (κ3) is 3.05. The molecule has 0 aliphatic heterocycles. The van der Waals surface area contributed by atoms with Gasteiger partial charge in [0, 0.05) is 0 Å². The molecule has 7 nitrogen and oxygen atoms in total. The third-order valence-electron chi connectivity index (χ3n) is 2.23. The van der Waals surface area contributed by atoms with Crippen LogP contribution in [0.25, 0.3) is 11.0 Å². The molecule has 0 fully saturated rings. The second-order valence-electron chi connectivity index (χ2n) is 3.52. The maximum absolute atomic E-state index is 11.0. The number of rotatable bonds is 1. The molecule has 0 unspecified atom stereocenters. The first-order valence-electron chi connectivity index (χ1n) is 5.28. The van der Waals surface area contributed by atoms with Crippen LogP contribution in [-0.4, -0.2) is 28.3 Å². The van der Waals surface area contributed by atoms with E-state index < -0.39 is 6.09 Å². The number of benzene rings is 1. The van der Waals surface area contributed by atoms with Crippen LogP contribution in [0.1, 0.15) is 0 Å². The molecule has 4 N–H and O–H groups in total. The van der Waals surface area contributed by atoms with Crippen LogP contribution < -0.4 is 16.4 Å². The smallest absolute Gasteiger partial charge is 0.413 e. The molecule has 1 aromatic carbocycles. The molecular formula is C11H11N5O2S. The Balaban J connectivity index is 2.23. The van der Waals surface area contributed by atoms with Gasteiger partial charge in [0.05, 0.1) is 18.1 Å². The number of fused-ring (bicyclic) bond motifs is 1. The Labute approximate surface area is 114 Å². The van der Waals surface area contributed by atoms with Crippen LogP contribution in [0.5, 0.6) is 0 Å². The Hall–Kier alpha value is -2.48. The average molecular weight is 277 g/mol. The standard InChI is InChI=1S/C11H11N5O2S/c1-18-11(17)16-10(19)15-9-8(12)13-6-4-2-3-5-7(6)14-9/h2-5H,1H3,(H2,12,13)(H2,14,15,16,17,19). The van der Waals surface area contributed by atoms with Gasteiger partial charge in [0.2, 0.25) is 0 Å². The summed E-state index contributed by atoms with van der Waals surface area (Å²) >= 11 is 4.91. The monoisotopic (exact) mass is 277 g/mol. The topological polar surface area (TPSA) is 102 Å². The maximum atomic E-state index is 11.0. The molecule has 0 aliphatic carbocycles. The fourth-order valence-corrected chi connectivity index (χ4v) is 1.57. The molecular weight excluding hydrogens is 266 g/mol. The molecule has 0 saturated carbocycles. The number of nitrogen functional groups attached to an aromatic ring is 1. The van der Waals surface area contributed by atoms with Gasteiger partial charge in [0.25, 0.3) is 0 Å². The van der Waals surface area contributed by atoms with Gasteiger partial charge in [-0.15, -0.1) is 0 Å². The molecule has 0 saturated heterocycles. The first-order valence-corrected chi connectivity index (χ1v) is 5.69. The van der Waals surface area contributed by atoms with Crippen molar-refractivity contribution in [1.82, 2.24) is 15.3 Å². The molecule has 1 heterocycles. The van der Waals surface area contributed by atoms with Crippen molar-refractivity contribution < 1.29 is 9.53 Å². The highest BCUT2D eigenvalue weighted by Gasteiger charge is 2.09. The van der Waals surface area contributed by atoms with E-state index in [-0.39, 0.29) is 16.7 Å². The highest BCUT2D eigenvalue weighted by atomic mass is 32.1. The van der Waals surface area contributed by atoms with Crippen LogP contribution in [0.3, 0.4) is 0 Å². The molecule has 0 aliphatic rings. The minimum Gasteiger partial charge on any atom is -0.453 e. The fraction of sp³-hybridized carbons (Fsp3) is 0.0909. The zero-order valence-corrected chi connectivity index (χ0v) is 10.8. The number of carbonyl (C=O) groups excluding carboxylic acids is 1. The Morgan fingerprint density at radius 2 is 1.95 bits per heavy atom. The summed E-state index contributed by atoms with van der Waals surface area (Å²) in [6.45, 7) is 0. The first kappa shape index (κ1) is 13.0. The van der Waals surface area contributed by atoms with E-state index in [1.54, 1.807) is 12.1 Å². The van der Waals surface area contributed by atoms with Crippen molar-refractivity contribution >= 4 is 46.1 Å². The first-order chi connectivity index (χ1) is 9.10. The average Bonchev–Trinajstić information content (AvgIpc) is 2.39. The van der Waals surface area contributed by atoms with Gasteiger partial charge in [-0.2, -0.15) is 0 Å². The maximum Gasteiger partial charge on any atom is 0.413 e. The summed E-state index contributed by atoms with van der Waals surface area (Å²) < 4.78 is 4.41. The van der Waals surface area contributed by atoms with Crippen LogP contribution in [0.2, 0.25) is 0 Å². The van der Waals surface area contributed by atoms with Crippen molar-refractivity contribution in [3.05, 3.63) is 24.3 Å². The highest BCUT2D eigenvalue weighted by Crippen LogP contribution is 2.18. The van der Waals surface area contributed by atoms with E-state index in [9.17, 15) is 4.79 Å². The Kier molecular flexibility index (Phi) is 3.71. The number of para-hydroxylation sites is 2. The lowest BCUT2D eigenvalue weighted by Crippen LogP contribution is -2.34. The van der Waals surface area contributed by atoms with Gasteiger partial charge in [-0.25, -0.2) is 14.8 Å².